The molecule has 0 aliphatic heterocycles. The van der Waals surface area contributed by atoms with Crippen LogP contribution in [0.15, 0.2) is 29.2 Å². The van der Waals surface area contributed by atoms with Crippen molar-refractivity contribution in [2.75, 3.05) is 6.54 Å². The van der Waals surface area contributed by atoms with Gasteiger partial charge in [-0.25, -0.2) is 13.6 Å². The van der Waals surface area contributed by atoms with E-state index < -0.39 is 10.0 Å². The first kappa shape index (κ1) is 15.4. The predicted molar refractivity (Wildman–Crippen MR) is 79.8 cm³/mol. The zero-order valence-corrected chi connectivity index (χ0v) is 12.4. The van der Waals surface area contributed by atoms with Crippen molar-refractivity contribution in [3.8, 4) is 0 Å². The highest BCUT2D eigenvalue weighted by atomic mass is 32.2. The molecule has 1 aliphatic carbocycles. The summed E-state index contributed by atoms with van der Waals surface area (Å²) >= 11 is 0. The number of primary sulfonamides is 1. The molecule has 112 valence electrons. The van der Waals surface area contributed by atoms with Gasteiger partial charge in [0.1, 0.15) is 0 Å². The molecule has 0 aromatic heterocycles. The second-order valence-electron chi connectivity index (χ2n) is 5.52. The molecule has 0 saturated heterocycles. The highest BCUT2D eigenvalue weighted by Crippen LogP contribution is 2.17. The summed E-state index contributed by atoms with van der Waals surface area (Å²) in [6, 6.07) is 7.59. The maximum Gasteiger partial charge on any atom is 0.238 e. The lowest BCUT2D eigenvalue weighted by molar-refractivity contribution is 0.341. The number of rotatable bonds is 5. The Hall–Kier alpha value is -0.950. The third-order valence-electron chi connectivity index (χ3n) is 3.81. The van der Waals surface area contributed by atoms with E-state index in [1.54, 1.807) is 12.1 Å². The van der Waals surface area contributed by atoms with Gasteiger partial charge in [0.2, 0.25) is 10.0 Å². The largest absolute Gasteiger partial charge is 0.328 e. The van der Waals surface area contributed by atoms with Crippen LogP contribution >= 0.6 is 0 Å². The molecule has 1 fully saturated rings. The van der Waals surface area contributed by atoms with Crippen LogP contribution in [0.25, 0.3) is 0 Å². The molecule has 2 unspecified atom stereocenters. The fraction of sp³-hybridized carbons (Fsp3) is 0.571. The van der Waals surface area contributed by atoms with Gasteiger partial charge < -0.3 is 11.1 Å². The van der Waals surface area contributed by atoms with E-state index >= 15 is 0 Å². The van der Waals surface area contributed by atoms with Crippen molar-refractivity contribution >= 4 is 10.0 Å². The van der Waals surface area contributed by atoms with Gasteiger partial charge in [0.25, 0.3) is 0 Å². The summed E-state index contributed by atoms with van der Waals surface area (Å²) in [4.78, 5) is 0.160. The van der Waals surface area contributed by atoms with Crippen LogP contribution in [-0.2, 0) is 16.4 Å². The van der Waals surface area contributed by atoms with Gasteiger partial charge in [-0.1, -0.05) is 18.6 Å². The van der Waals surface area contributed by atoms with Gasteiger partial charge in [0.05, 0.1) is 4.90 Å². The number of hydrogen-bond donors (Lipinski definition) is 3. The Balaban J connectivity index is 1.79. The van der Waals surface area contributed by atoms with E-state index in [1.165, 1.54) is 12.8 Å². The molecule has 20 heavy (non-hydrogen) atoms. The van der Waals surface area contributed by atoms with Gasteiger partial charge in [-0.2, -0.15) is 0 Å². The first-order valence-electron chi connectivity index (χ1n) is 7.06. The Kier molecular flexibility index (Phi) is 5.15. The average Bonchev–Trinajstić information content (AvgIpc) is 2.38. The summed E-state index contributed by atoms with van der Waals surface area (Å²) in [5.41, 5.74) is 7.06. The van der Waals surface area contributed by atoms with Crippen molar-refractivity contribution in [2.24, 2.45) is 10.9 Å². The van der Waals surface area contributed by atoms with Crippen molar-refractivity contribution in [3.63, 3.8) is 0 Å². The Bertz CT molecular complexity index is 528. The van der Waals surface area contributed by atoms with Gasteiger partial charge >= 0.3 is 0 Å². The molecule has 0 radical (unpaired) electrons. The summed E-state index contributed by atoms with van der Waals surface area (Å²) < 4.78 is 22.3. The van der Waals surface area contributed by atoms with Crippen molar-refractivity contribution in [1.82, 2.24) is 5.32 Å². The number of nitrogens with one attached hydrogen (secondary N) is 1. The summed E-state index contributed by atoms with van der Waals surface area (Å²) in [5, 5.41) is 8.59. The quantitative estimate of drug-likeness (QED) is 0.746. The van der Waals surface area contributed by atoms with Crippen LogP contribution in [-0.4, -0.2) is 27.0 Å². The fourth-order valence-corrected chi connectivity index (χ4v) is 3.19. The molecule has 5 N–H and O–H groups in total. The standard InChI is InChI=1S/C14H23N3O2S/c15-12-2-1-3-13(10-12)17-9-8-11-4-6-14(7-5-11)20(16,18)19/h4-7,12-13,17H,1-3,8-10,15H2,(H2,16,18,19). The highest BCUT2D eigenvalue weighted by molar-refractivity contribution is 7.89. The van der Waals surface area contributed by atoms with E-state index in [0.29, 0.717) is 12.1 Å². The topological polar surface area (TPSA) is 98.2 Å². The van der Waals surface area contributed by atoms with Crippen LogP contribution in [0, 0.1) is 0 Å². The second-order valence-corrected chi connectivity index (χ2v) is 7.08. The third kappa shape index (κ3) is 4.56. The van der Waals surface area contributed by atoms with E-state index in [9.17, 15) is 8.42 Å². The predicted octanol–water partition coefficient (Wildman–Crippen LogP) is 0.736. The normalized spacial score (nSPS) is 23.7. The Morgan fingerprint density at radius 2 is 1.90 bits per heavy atom. The van der Waals surface area contributed by atoms with Gasteiger partial charge in [-0.05, 0) is 49.9 Å². The smallest absolute Gasteiger partial charge is 0.238 e. The maximum absolute atomic E-state index is 11.1. The second kappa shape index (κ2) is 6.67. The first-order valence-corrected chi connectivity index (χ1v) is 8.60. The summed E-state index contributed by atoms with van der Waals surface area (Å²) in [5.74, 6) is 0. The molecule has 0 bridgehead atoms. The lowest BCUT2D eigenvalue weighted by Gasteiger charge is -2.27. The van der Waals surface area contributed by atoms with E-state index in [-0.39, 0.29) is 4.90 Å². The minimum Gasteiger partial charge on any atom is -0.328 e. The van der Waals surface area contributed by atoms with Crippen molar-refractivity contribution in [2.45, 2.75) is 49.1 Å². The van der Waals surface area contributed by atoms with Crippen molar-refractivity contribution in [3.05, 3.63) is 29.8 Å². The maximum atomic E-state index is 11.1. The van der Waals surface area contributed by atoms with Crippen LogP contribution in [0.2, 0.25) is 0 Å². The molecule has 0 spiro atoms. The number of benzene rings is 1. The number of hydrogen-bond acceptors (Lipinski definition) is 4. The molecule has 0 amide bonds. The summed E-state index contributed by atoms with van der Waals surface area (Å²) in [6.07, 6.45) is 5.44. The summed E-state index contributed by atoms with van der Waals surface area (Å²) in [6.45, 7) is 0.881. The van der Waals surface area contributed by atoms with Crippen LogP contribution < -0.4 is 16.2 Å². The Morgan fingerprint density at radius 1 is 1.20 bits per heavy atom. The molecule has 1 saturated carbocycles. The summed E-state index contributed by atoms with van der Waals surface area (Å²) in [7, 11) is -3.59. The molecular formula is C14H23N3O2S. The molecule has 1 aromatic carbocycles. The molecule has 0 heterocycles. The van der Waals surface area contributed by atoms with E-state index in [0.717, 1.165) is 31.4 Å². The van der Waals surface area contributed by atoms with Crippen LogP contribution in [0.5, 0.6) is 0 Å². The molecule has 2 atom stereocenters. The average molecular weight is 297 g/mol. The minimum atomic E-state index is -3.59. The first-order chi connectivity index (χ1) is 9.45. The van der Waals surface area contributed by atoms with Gasteiger partial charge in [-0.3, -0.25) is 0 Å². The molecule has 6 heteroatoms. The fourth-order valence-electron chi connectivity index (χ4n) is 2.68. The van der Waals surface area contributed by atoms with E-state index in [1.807, 2.05) is 12.1 Å². The molecule has 1 aliphatic rings. The Morgan fingerprint density at radius 3 is 2.50 bits per heavy atom. The molecule has 2 rings (SSSR count). The third-order valence-corrected chi connectivity index (χ3v) is 4.74. The lowest BCUT2D eigenvalue weighted by atomic mass is 9.91. The molecular weight excluding hydrogens is 274 g/mol. The zero-order chi connectivity index (χ0) is 14.6. The van der Waals surface area contributed by atoms with Gasteiger partial charge in [0.15, 0.2) is 0 Å². The van der Waals surface area contributed by atoms with Gasteiger partial charge in [-0.15, -0.1) is 0 Å². The van der Waals surface area contributed by atoms with E-state index in [4.69, 9.17) is 10.9 Å². The van der Waals surface area contributed by atoms with Crippen molar-refractivity contribution in [1.29, 1.82) is 0 Å². The monoisotopic (exact) mass is 297 g/mol. The lowest BCUT2D eigenvalue weighted by Crippen LogP contribution is -2.40. The van der Waals surface area contributed by atoms with Crippen LogP contribution in [0.3, 0.4) is 0 Å². The van der Waals surface area contributed by atoms with Crippen LogP contribution in [0.1, 0.15) is 31.2 Å². The van der Waals surface area contributed by atoms with E-state index in [2.05, 4.69) is 5.32 Å². The minimum absolute atomic E-state index is 0.160. The number of sulfonamides is 1. The number of nitrogens with two attached hydrogens (primary N) is 2. The highest BCUT2D eigenvalue weighted by Gasteiger charge is 2.18. The zero-order valence-electron chi connectivity index (χ0n) is 11.6. The van der Waals surface area contributed by atoms with Gasteiger partial charge in [0, 0.05) is 12.1 Å². The SMILES string of the molecule is NC1CCCC(NCCc2ccc(S(N)(=O)=O)cc2)C1. The molecule has 5 nitrogen and oxygen atoms in total. The molecule has 1 aromatic rings. The van der Waals surface area contributed by atoms with Crippen molar-refractivity contribution < 1.29 is 8.42 Å². The Labute approximate surface area is 120 Å². The van der Waals surface area contributed by atoms with Crippen LogP contribution in [0.4, 0.5) is 0 Å².